The van der Waals surface area contributed by atoms with Crippen LogP contribution >= 0.6 is 11.3 Å². The van der Waals surface area contributed by atoms with Crippen molar-refractivity contribution < 1.29 is 9.59 Å². The standard InChI is InChI=1S/C20H18N4O2S/c1-12-16(22-15-6-3-2-5-14(15)21-12)11-24-18(25)20(23-19(24)26)9-4-7-17-13(20)8-10-27-17/h2-3,5-6,8,10H,4,7,9,11H2,1H3,(H,23,26). The lowest BCUT2D eigenvalue weighted by Gasteiger charge is -2.31. The predicted molar refractivity (Wildman–Crippen MR) is 102 cm³/mol. The molecule has 1 unspecified atom stereocenters. The van der Waals surface area contributed by atoms with Gasteiger partial charge >= 0.3 is 6.03 Å². The Morgan fingerprint density at radius 3 is 2.78 bits per heavy atom. The van der Waals surface area contributed by atoms with E-state index in [4.69, 9.17) is 0 Å². The molecule has 3 heterocycles. The van der Waals surface area contributed by atoms with Gasteiger partial charge in [0.1, 0.15) is 5.54 Å². The Morgan fingerprint density at radius 1 is 1.19 bits per heavy atom. The van der Waals surface area contributed by atoms with Crippen molar-refractivity contribution in [3.63, 3.8) is 0 Å². The summed E-state index contributed by atoms with van der Waals surface area (Å²) in [6, 6.07) is 9.23. The molecular weight excluding hydrogens is 360 g/mol. The van der Waals surface area contributed by atoms with E-state index in [1.807, 2.05) is 42.6 Å². The van der Waals surface area contributed by atoms with Crippen LogP contribution in [0.1, 0.15) is 34.7 Å². The summed E-state index contributed by atoms with van der Waals surface area (Å²) in [5.74, 6) is -0.179. The number of nitrogens with zero attached hydrogens (tertiary/aromatic N) is 3. The highest BCUT2D eigenvalue weighted by molar-refractivity contribution is 7.10. The Hall–Kier alpha value is -2.80. The maximum atomic E-state index is 13.3. The molecular formula is C20H18N4O2S. The first-order chi connectivity index (χ1) is 13.1. The largest absolute Gasteiger partial charge is 0.325 e. The molecule has 1 aliphatic carbocycles. The monoisotopic (exact) mass is 378 g/mol. The molecule has 0 bridgehead atoms. The third kappa shape index (κ3) is 2.38. The fourth-order valence-electron chi connectivity index (χ4n) is 4.11. The molecule has 0 saturated carbocycles. The average Bonchev–Trinajstić information content (AvgIpc) is 3.23. The lowest BCUT2D eigenvalue weighted by molar-refractivity contribution is -0.132. The molecule has 2 aliphatic rings. The smallest absolute Gasteiger partial charge is 0.319 e. The van der Waals surface area contributed by atoms with Crippen molar-refractivity contribution in [2.45, 2.75) is 38.3 Å². The number of amides is 3. The van der Waals surface area contributed by atoms with Gasteiger partial charge in [0.05, 0.1) is 29.0 Å². The van der Waals surface area contributed by atoms with E-state index >= 15 is 0 Å². The van der Waals surface area contributed by atoms with Gasteiger partial charge in [0, 0.05) is 10.4 Å². The number of carbonyl (C=O) groups excluding carboxylic acids is 2. The maximum absolute atomic E-state index is 13.3. The van der Waals surface area contributed by atoms with Crippen molar-refractivity contribution in [1.29, 1.82) is 0 Å². The molecule has 3 aromatic rings. The molecule has 5 rings (SSSR count). The van der Waals surface area contributed by atoms with Gasteiger partial charge in [0.15, 0.2) is 0 Å². The fraction of sp³-hybridized carbons (Fsp3) is 0.300. The Morgan fingerprint density at radius 2 is 1.96 bits per heavy atom. The molecule has 136 valence electrons. The molecule has 1 aromatic carbocycles. The van der Waals surface area contributed by atoms with Crippen LogP contribution in [0, 0.1) is 6.92 Å². The van der Waals surface area contributed by atoms with Crippen molar-refractivity contribution in [1.82, 2.24) is 20.2 Å². The van der Waals surface area contributed by atoms with Gasteiger partial charge in [0.25, 0.3) is 5.91 Å². The topological polar surface area (TPSA) is 75.2 Å². The summed E-state index contributed by atoms with van der Waals surface area (Å²) < 4.78 is 0. The van der Waals surface area contributed by atoms with Crippen molar-refractivity contribution in [2.24, 2.45) is 0 Å². The summed E-state index contributed by atoms with van der Waals surface area (Å²) in [6.07, 6.45) is 2.50. The van der Waals surface area contributed by atoms with E-state index in [-0.39, 0.29) is 18.5 Å². The second-order valence-electron chi connectivity index (χ2n) is 7.08. The fourth-order valence-corrected chi connectivity index (χ4v) is 5.11. The van der Waals surface area contributed by atoms with Gasteiger partial charge in [-0.25, -0.2) is 14.8 Å². The zero-order valence-corrected chi connectivity index (χ0v) is 15.7. The number of aromatic nitrogens is 2. The Labute approximate surface area is 160 Å². The molecule has 2 aromatic heterocycles. The molecule has 6 nitrogen and oxygen atoms in total. The van der Waals surface area contributed by atoms with Gasteiger partial charge in [0.2, 0.25) is 0 Å². The van der Waals surface area contributed by atoms with Crippen LogP contribution in [0.3, 0.4) is 0 Å². The summed E-state index contributed by atoms with van der Waals surface area (Å²) in [5, 5.41) is 4.98. The van der Waals surface area contributed by atoms with Crippen molar-refractivity contribution in [3.05, 3.63) is 57.5 Å². The molecule has 1 fully saturated rings. The van der Waals surface area contributed by atoms with Gasteiger partial charge in [-0.05, 0) is 49.8 Å². The van der Waals surface area contributed by atoms with Crippen LogP contribution in [0.25, 0.3) is 11.0 Å². The third-order valence-corrected chi connectivity index (χ3v) is 6.47. The minimum atomic E-state index is -0.914. The van der Waals surface area contributed by atoms with E-state index in [2.05, 4.69) is 15.3 Å². The first-order valence-electron chi connectivity index (χ1n) is 9.02. The summed E-state index contributed by atoms with van der Waals surface area (Å²) in [4.78, 5) is 37.7. The van der Waals surface area contributed by atoms with Crippen molar-refractivity contribution >= 4 is 34.3 Å². The highest BCUT2D eigenvalue weighted by atomic mass is 32.1. The quantitative estimate of drug-likeness (QED) is 0.695. The molecule has 7 heteroatoms. The molecule has 27 heavy (non-hydrogen) atoms. The number of hydrogen-bond donors (Lipinski definition) is 1. The lowest BCUT2D eigenvalue weighted by atomic mass is 9.80. The number of nitrogens with one attached hydrogen (secondary N) is 1. The molecule has 3 amide bonds. The van der Waals surface area contributed by atoms with Gasteiger partial charge in [-0.15, -0.1) is 11.3 Å². The number of benzene rings is 1. The van der Waals surface area contributed by atoms with Crippen LogP contribution in [0.4, 0.5) is 4.79 Å². The van der Waals surface area contributed by atoms with Crippen molar-refractivity contribution in [2.75, 3.05) is 0 Å². The number of para-hydroxylation sites is 2. The predicted octanol–water partition coefficient (Wildman–Crippen LogP) is 3.28. The number of aryl methyl sites for hydroxylation is 2. The van der Waals surface area contributed by atoms with Crippen LogP contribution in [0.2, 0.25) is 0 Å². The number of carbonyl (C=O) groups is 2. The zero-order valence-electron chi connectivity index (χ0n) is 14.9. The second kappa shape index (κ2) is 5.85. The molecule has 1 saturated heterocycles. The normalized spacial score (nSPS) is 21.7. The molecule has 0 radical (unpaired) electrons. The van der Waals surface area contributed by atoms with Crippen LogP contribution in [-0.4, -0.2) is 26.8 Å². The van der Waals surface area contributed by atoms with Crippen LogP contribution in [0.15, 0.2) is 35.7 Å². The Kier molecular flexibility index (Phi) is 3.55. The van der Waals surface area contributed by atoms with Crippen LogP contribution in [0.5, 0.6) is 0 Å². The van der Waals surface area contributed by atoms with Gasteiger partial charge < -0.3 is 5.32 Å². The molecule has 1 aliphatic heterocycles. The van der Waals surface area contributed by atoms with Crippen molar-refractivity contribution in [3.8, 4) is 0 Å². The van der Waals surface area contributed by atoms with Crippen LogP contribution in [-0.2, 0) is 23.3 Å². The highest BCUT2D eigenvalue weighted by Crippen LogP contribution is 2.42. The number of urea groups is 1. The first-order valence-corrected chi connectivity index (χ1v) is 9.90. The zero-order chi connectivity index (χ0) is 18.6. The number of imide groups is 1. The molecule has 1 spiro atoms. The number of fused-ring (bicyclic) bond motifs is 3. The minimum Gasteiger partial charge on any atom is -0.319 e. The first kappa shape index (κ1) is 16.4. The number of rotatable bonds is 2. The Balaban J connectivity index is 1.52. The Bertz CT molecular complexity index is 1090. The van der Waals surface area contributed by atoms with E-state index in [0.717, 1.165) is 35.1 Å². The second-order valence-corrected chi connectivity index (χ2v) is 8.08. The van der Waals surface area contributed by atoms with E-state index in [0.29, 0.717) is 12.1 Å². The van der Waals surface area contributed by atoms with E-state index < -0.39 is 5.54 Å². The maximum Gasteiger partial charge on any atom is 0.325 e. The van der Waals surface area contributed by atoms with Gasteiger partial charge in [-0.1, -0.05) is 12.1 Å². The average molecular weight is 378 g/mol. The van der Waals surface area contributed by atoms with E-state index in [9.17, 15) is 9.59 Å². The third-order valence-electron chi connectivity index (χ3n) is 5.49. The SMILES string of the molecule is Cc1nc2ccccc2nc1CN1C(=O)NC2(CCCc3sccc32)C1=O. The summed E-state index contributed by atoms with van der Waals surface area (Å²) in [7, 11) is 0. The lowest BCUT2D eigenvalue weighted by Crippen LogP contribution is -2.46. The van der Waals surface area contributed by atoms with Gasteiger partial charge in [-0.3, -0.25) is 9.69 Å². The number of thiophene rings is 1. The van der Waals surface area contributed by atoms with E-state index in [1.54, 1.807) is 11.3 Å². The number of hydrogen-bond acceptors (Lipinski definition) is 5. The molecule has 1 N–H and O–H groups in total. The molecule has 1 atom stereocenters. The van der Waals surface area contributed by atoms with Crippen LogP contribution < -0.4 is 5.32 Å². The van der Waals surface area contributed by atoms with E-state index in [1.165, 1.54) is 9.78 Å². The minimum absolute atomic E-state index is 0.134. The summed E-state index contributed by atoms with van der Waals surface area (Å²) >= 11 is 1.65. The summed E-state index contributed by atoms with van der Waals surface area (Å²) in [6.45, 7) is 2.00. The van der Waals surface area contributed by atoms with Gasteiger partial charge in [-0.2, -0.15) is 0 Å². The highest BCUT2D eigenvalue weighted by Gasteiger charge is 2.54. The summed E-state index contributed by atoms with van der Waals surface area (Å²) in [5.41, 5.74) is 3.00.